The van der Waals surface area contributed by atoms with Gasteiger partial charge in [-0.25, -0.2) is 0 Å². The number of piperidine rings is 1. The average molecular weight is 263 g/mol. The second-order valence-electron chi connectivity index (χ2n) is 5.34. The highest BCUT2D eigenvalue weighted by atomic mass is 32.1. The molecule has 2 fully saturated rings. The summed E-state index contributed by atoms with van der Waals surface area (Å²) < 4.78 is 2.01. The predicted molar refractivity (Wildman–Crippen MR) is 70.1 cm³/mol. The van der Waals surface area contributed by atoms with Gasteiger partial charge in [-0.1, -0.05) is 17.8 Å². The van der Waals surface area contributed by atoms with E-state index in [0.29, 0.717) is 11.8 Å². The van der Waals surface area contributed by atoms with Crippen molar-refractivity contribution >= 4 is 16.3 Å². The van der Waals surface area contributed by atoms with Crippen molar-refractivity contribution in [3.8, 4) is 0 Å². The lowest BCUT2D eigenvalue weighted by molar-refractivity contribution is 0.393. The third-order valence-electron chi connectivity index (χ3n) is 4.19. The van der Waals surface area contributed by atoms with E-state index in [1.54, 1.807) is 11.3 Å². The van der Waals surface area contributed by atoms with Crippen molar-refractivity contribution in [1.29, 1.82) is 0 Å². The van der Waals surface area contributed by atoms with E-state index in [9.17, 15) is 0 Å². The lowest BCUT2D eigenvalue weighted by Crippen LogP contribution is -2.26. The number of hydrogen-bond donors (Lipinski definition) is 1. The van der Waals surface area contributed by atoms with Crippen LogP contribution in [-0.4, -0.2) is 32.9 Å². The first-order chi connectivity index (χ1) is 8.92. The molecule has 1 N–H and O–H groups in total. The minimum Gasteiger partial charge on any atom is -0.317 e. The van der Waals surface area contributed by atoms with Crippen molar-refractivity contribution in [3.63, 3.8) is 0 Å². The monoisotopic (exact) mass is 263 g/mol. The summed E-state index contributed by atoms with van der Waals surface area (Å²) in [7, 11) is 0. The van der Waals surface area contributed by atoms with Crippen molar-refractivity contribution in [2.75, 3.05) is 13.1 Å². The summed E-state index contributed by atoms with van der Waals surface area (Å²) >= 11 is 1.73. The minimum atomic E-state index is 0.600. The lowest BCUT2D eigenvalue weighted by atomic mass is 9.85. The largest absolute Gasteiger partial charge is 0.317 e. The van der Waals surface area contributed by atoms with Crippen LogP contribution in [0, 0.1) is 0 Å². The molecule has 2 aromatic heterocycles. The molecule has 4 rings (SSSR count). The third kappa shape index (κ3) is 1.66. The fraction of sp³-hybridized carbons (Fsp3) is 0.750. The van der Waals surface area contributed by atoms with Gasteiger partial charge in [-0.15, -0.1) is 10.2 Å². The van der Waals surface area contributed by atoms with E-state index in [-0.39, 0.29) is 0 Å². The highest BCUT2D eigenvalue weighted by molar-refractivity contribution is 7.16. The molecule has 1 aliphatic carbocycles. The maximum absolute atomic E-state index is 4.78. The minimum absolute atomic E-state index is 0.600. The molecule has 1 saturated heterocycles. The van der Waals surface area contributed by atoms with Gasteiger partial charge in [0.15, 0.2) is 5.82 Å². The zero-order valence-electron chi connectivity index (χ0n) is 10.3. The van der Waals surface area contributed by atoms with Crippen LogP contribution in [-0.2, 0) is 0 Å². The summed E-state index contributed by atoms with van der Waals surface area (Å²) in [5, 5.41) is 18.0. The molecule has 6 heteroatoms. The maximum atomic E-state index is 4.78. The summed E-state index contributed by atoms with van der Waals surface area (Å²) in [6.45, 7) is 2.22. The van der Waals surface area contributed by atoms with Gasteiger partial charge >= 0.3 is 0 Å². The first-order valence-electron chi connectivity index (χ1n) is 6.84. The zero-order valence-corrected chi connectivity index (χ0v) is 11.1. The Labute approximate surface area is 110 Å². The maximum Gasteiger partial charge on any atom is 0.234 e. The molecule has 1 saturated carbocycles. The lowest BCUT2D eigenvalue weighted by Gasteiger charge is -2.22. The van der Waals surface area contributed by atoms with Gasteiger partial charge in [0.2, 0.25) is 4.96 Å². The van der Waals surface area contributed by atoms with E-state index >= 15 is 0 Å². The number of hydrogen-bond acceptors (Lipinski definition) is 5. The molecule has 0 atom stereocenters. The summed E-state index contributed by atoms with van der Waals surface area (Å²) in [5.41, 5.74) is 0. The molecule has 0 bridgehead atoms. The standard InChI is InChI=1S/C12H17N5S/c1-2-8(3-1)10-14-15-12-17(10)16-11(18-12)9-4-6-13-7-5-9/h8-9,13H,1-7H2. The van der Waals surface area contributed by atoms with Crippen molar-refractivity contribution in [3.05, 3.63) is 10.8 Å². The Balaban J connectivity index is 1.68. The Morgan fingerprint density at radius 1 is 1.06 bits per heavy atom. The molecule has 96 valence electrons. The highest BCUT2D eigenvalue weighted by Gasteiger charge is 2.27. The van der Waals surface area contributed by atoms with Crippen LogP contribution in [0.1, 0.15) is 54.8 Å². The van der Waals surface area contributed by atoms with E-state index in [2.05, 4.69) is 15.5 Å². The molecule has 0 amide bonds. The number of aromatic nitrogens is 4. The smallest absolute Gasteiger partial charge is 0.234 e. The van der Waals surface area contributed by atoms with Crippen molar-refractivity contribution < 1.29 is 0 Å². The van der Waals surface area contributed by atoms with Crippen LogP contribution in [0.3, 0.4) is 0 Å². The van der Waals surface area contributed by atoms with Crippen LogP contribution in [0.2, 0.25) is 0 Å². The van der Waals surface area contributed by atoms with Crippen LogP contribution in [0.4, 0.5) is 0 Å². The van der Waals surface area contributed by atoms with Crippen LogP contribution in [0.15, 0.2) is 0 Å². The number of nitrogens with one attached hydrogen (secondary N) is 1. The van der Waals surface area contributed by atoms with Gasteiger partial charge in [-0.2, -0.15) is 9.61 Å². The number of nitrogens with zero attached hydrogens (tertiary/aromatic N) is 4. The van der Waals surface area contributed by atoms with E-state index in [1.807, 2.05) is 4.52 Å². The molecule has 0 radical (unpaired) electrons. The van der Waals surface area contributed by atoms with Crippen molar-refractivity contribution in [2.24, 2.45) is 0 Å². The van der Waals surface area contributed by atoms with Gasteiger partial charge in [-0.3, -0.25) is 0 Å². The highest BCUT2D eigenvalue weighted by Crippen LogP contribution is 2.36. The van der Waals surface area contributed by atoms with Gasteiger partial charge in [0, 0.05) is 11.8 Å². The number of fused-ring (bicyclic) bond motifs is 1. The van der Waals surface area contributed by atoms with Crippen LogP contribution < -0.4 is 5.32 Å². The van der Waals surface area contributed by atoms with Gasteiger partial charge in [0.1, 0.15) is 5.01 Å². The Bertz CT molecular complexity index is 550. The fourth-order valence-corrected chi connectivity index (χ4v) is 3.82. The zero-order chi connectivity index (χ0) is 11.9. The van der Waals surface area contributed by atoms with Crippen LogP contribution in [0.5, 0.6) is 0 Å². The van der Waals surface area contributed by atoms with E-state index in [1.165, 1.54) is 37.1 Å². The van der Waals surface area contributed by atoms with Gasteiger partial charge in [0.05, 0.1) is 0 Å². The predicted octanol–water partition coefficient (Wildman–Crippen LogP) is 1.92. The quantitative estimate of drug-likeness (QED) is 0.899. The van der Waals surface area contributed by atoms with Crippen molar-refractivity contribution in [2.45, 2.75) is 43.9 Å². The molecule has 2 aromatic rings. The normalized spacial score (nSPS) is 22.4. The molecule has 2 aliphatic rings. The summed E-state index contributed by atoms with van der Waals surface area (Å²) in [6, 6.07) is 0. The molecule has 0 aromatic carbocycles. The summed E-state index contributed by atoms with van der Waals surface area (Å²) in [6.07, 6.45) is 6.22. The topological polar surface area (TPSA) is 55.1 Å². The molecular weight excluding hydrogens is 246 g/mol. The molecule has 3 heterocycles. The van der Waals surface area contributed by atoms with E-state index in [0.717, 1.165) is 23.9 Å². The Morgan fingerprint density at radius 2 is 1.89 bits per heavy atom. The van der Waals surface area contributed by atoms with Crippen LogP contribution in [0.25, 0.3) is 4.96 Å². The Kier molecular flexibility index (Phi) is 2.58. The average Bonchev–Trinajstić information content (AvgIpc) is 2.90. The molecule has 1 aliphatic heterocycles. The van der Waals surface area contributed by atoms with Gasteiger partial charge < -0.3 is 5.32 Å². The number of rotatable bonds is 2. The Morgan fingerprint density at radius 3 is 2.61 bits per heavy atom. The van der Waals surface area contributed by atoms with E-state index in [4.69, 9.17) is 5.10 Å². The molecule has 18 heavy (non-hydrogen) atoms. The summed E-state index contributed by atoms with van der Waals surface area (Å²) in [4.78, 5) is 0.977. The SMILES string of the molecule is C1CC(c2nnc3sc(C4CCNCC4)nn23)C1. The first kappa shape index (κ1) is 10.9. The van der Waals surface area contributed by atoms with E-state index < -0.39 is 0 Å². The van der Waals surface area contributed by atoms with Gasteiger partial charge in [-0.05, 0) is 38.8 Å². The molecular formula is C12H17N5S. The van der Waals surface area contributed by atoms with Crippen molar-refractivity contribution in [1.82, 2.24) is 25.1 Å². The summed E-state index contributed by atoms with van der Waals surface area (Å²) in [5.74, 6) is 2.31. The fourth-order valence-electron chi connectivity index (χ4n) is 2.80. The second kappa shape index (κ2) is 4.28. The van der Waals surface area contributed by atoms with Crippen LogP contribution >= 0.6 is 11.3 Å². The first-order valence-corrected chi connectivity index (χ1v) is 7.66. The molecule has 0 spiro atoms. The molecule has 0 unspecified atom stereocenters. The molecule has 5 nitrogen and oxygen atoms in total. The third-order valence-corrected chi connectivity index (χ3v) is 5.25. The van der Waals surface area contributed by atoms with Gasteiger partial charge in [0.25, 0.3) is 0 Å². The Hall–Kier alpha value is -1.01. The second-order valence-corrected chi connectivity index (χ2v) is 6.33.